The molecule has 4 aromatic rings. The van der Waals surface area contributed by atoms with Gasteiger partial charge in [0.1, 0.15) is 11.6 Å². The van der Waals surface area contributed by atoms with Gasteiger partial charge in [-0.2, -0.15) is 0 Å². The highest BCUT2D eigenvalue weighted by molar-refractivity contribution is 6.30. The van der Waals surface area contributed by atoms with Crippen molar-refractivity contribution < 1.29 is 9.13 Å². The molecule has 0 fully saturated rings. The highest BCUT2D eigenvalue weighted by atomic mass is 35.5. The molecule has 0 amide bonds. The minimum absolute atomic E-state index is 0.0852. The SMILES string of the molecule is Cc1nnc2ccc(-c3cc(N)ccc3Oc3ccc(Cl)cc3F)cn12. The molecule has 0 aliphatic rings. The van der Waals surface area contributed by atoms with Gasteiger partial charge in [-0.1, -0.05) is 11.6 Å². The molecule has 0 radical (unpaired) electrons. The van der Waals surface area contributed by atoms with Crippen LogP contribution in [0, 0.1) is 12.7 Å². The third kappa shape index (κ3) is 2.95. The van der Waals surface area contributed by atoms with Gasteiger partial charge in [0.2, 0.25) is 0 Å². The summed E-state index contributed by atoms with van der Waals surface area (Å²) in [5.74, 6) is 0.787. The molecule has 2 aromatic carbocycles. The molecule has 4 rings (SSSR count). The fraction of sp³-hybridized carbons (Fsp3) is 0.0526. The number of pyridine rings is 1. The van der Waals surface area contributed by atoms with Crippen LogP contribution in [-0.2, 0) is 0 Å². The Bertz CT molecular complexity index is 1130. The summed E-state index contributed by atoms with van der Waals surface area (Å²) in [4.78, 5) is 0. The maximum atomic E-state index is 14.1. The number of aryl methyl sites for hydroxylation is 1. The smallest absolute Gasteiger partial charge is 0.167 e. The third-order valence-electron chi connectivity index (χ3n) is 4.00. The Balaban J connectivity index is 1.82. The van der Waals surface area contributed by atoms with Gasteiger partial charge in [0.25, 0.3) is 0 Å². The third-order valence-corrected chi connectivity index (χ3v) is 4.24. The van der Waals surface area contributed by atoms with Crippen molar-refractivity contribution >= 4 is 22.9 Å². The first-order valence-electron chi connectivity index (χ1n) is 7.85. The van der Waals surface area contributed by atoms with Gasteiger partial charge in [-0.3, -0.25) is 4.40 Å². The standard InChI is InChI=1S/C19H14ClFN4O/c1-11-23-24-19-7-2-12(10-25(11)19)15-9-14(22)4-6-17(15)26-18-5-3-13(20)8-16(18)21/h2-10H,22H2,1H3. The predicted molar refractivity (Wildman–Crippen MR) is 99.1 cm³/mol. The summed E-state index contributed by atoms with van der Waals surface area (Å²) in [6.45, 7) is 1.86. The fourth-order valence-electron chi connectivity index (χ4n) is 2.70. The van der Waals surface area contributed by atoms with Crippen LogP contribution in [0.3, 0.4) is 0 Å². The van der Waals surface area contributed by atoms with E-state index in [4.69, 9.17) is 22.1 Å². The summed E-state index contributed by atoms with van der Waals surface area (Å²) in [5.41, 5.74) is 8.84. The number of hydrogen-bond acceptors (Lipinski definition) is 4. The van der Waals surface area contributed by atoms with Crippen molar-refractivity contribution in [2.24, 2.45) is 0 Å². The monoisotopic (exact) mass is 368 g/mol. The van der Waals surface area contributed by atoms with Crippen LogP contribution in [0.2, 0.25) is 5.02 Å². The maximum absolute atomic E-state index is 14.1. The van der Waals surface area contributed by atoms with E-state index in [0.717, 1.165) is 22.6 Å². The van der Waals surface area contributed by atoms with E-state index in [-0.39, 0.29) is 5.75 Å². The number of halogens is 2. The summed E-state index contributed by atoms with van der Waals surface area (Å²) >= 11 is 5.80. The molecular formula is C19H14ClFN4O. The van der Waals surface area contributed by atoms with Gasteiger partial charge >= 0.3 is 0 Å². The Kier molecular flexibility index (Phi) is 3.97. The Labute approximate surface area is 153 Å². The fourth-order valence-corrected chi connectivity index (χ4v) is 2.86. The van der Waals surface area contributed by atoms with Crippen molar-refractivity contribution in [2.75, 3.05) is 5.73 Å². The molecule has 0 unspecified atom stereocenters. The van der Waals surface area contributed by atoms with Crippen LogP contribution in [0.4, 0.5) is 10.1 Å². The minimum atomic E-state index is -0.537. The summed E-state index contributed by atoms with van der Waals surface area (Å²) in [5, 5.41) is 8.43. The summed E-state index contributed by atoms with van der Waals surface area (Å²) in [6.07, 6.45) is 1.89. The first kappa shape index (κ1) is 16.4. The number of fused-ring (bicyclic) bond motifs is 1. The lowest BCUT2D eigenvalue weighted by Crippen LogP contribution is -1.95. The summed E-state index contributed by atoms with van der Waals surface area (Å²) in [6, 6.07) is 13.2. The van der Waals surface area contributed by atoms with Gasteiger partial charge in [0.15, 0.2) is 17.2 Å². The summed E-state index contributed by atoms with van der Waals surface area (Å²) in [7, 11) is 0. The van der Waals surface area contributed by atoms with Gasteiger partial charge < -0.3 is 10.5 Å². The van der Waals surface area contributed by atoms with Crippen LogP contribution < -0.4 is 10.5 Å². The Morgan fingerprint density at radius 1 is 1.04 bits per heavy atom. The van der Waals surface area contributed by atoms with Gasteiger partial charge in [-0.05, 0) is 55.5 Å². The van der Waals surface area contributed by atoms with E-state index >= 15 is 0 Å². The zero-order valence-electron chi connectivity index (χ0n) is 13.8. The highest BCUT2D eigenvalue weighted by Gasteiger charge is 2.13. The van der Waals surface area contributed by atoms with Gasteiger partial charge in [-0.25, -0.2) is 4.39 Å². The number of hydrogen-bond donors (Lipinski definition) is 1. The van der Waals surface area contributed by atoms with Crippen LogP contribution in [0.25, 0.3) is 16.8 Å². The molecule has 0 bridgehead atoms. The lowest BCUT2D eigenvalue weighted by atomic mass is 10.1. The van der Waals surface area contributed by atoms with Crippen molar-refractivity contribution in [3.05, 3.63) is 71.4 Å². The molecule has 0 aliphatic heterocycles. The second-order valence-corrected chi connectivity index (χ2v) is 6.26. The molecule has 0 atom stereocenters. The molecule has 26 heavy (non-hydrogen) atoms. The molecule has 5 nitrogen and oxygen atoms in total. The van der Waals surface area contributed by atoms with Crippen LogP contribution >= 0.6 is 11.6 Å². The van der Waals surface area contributed by atoms with E-state index < -0.39 is 5.82 Å². The van der Waals surface area contributed by atoms with E-state index in [2.05, 4.69) is 10.2 Å². The average molecular weight is 369 g/mol. The second kappa shape index (κ2) is 6.31. The quantitative estimate of drug-likeness (QED) is 0.524. The Morgan fingerprint density at radius 2 is 1.85 bits per heavy atom. The average Bonchev–Trinajstić information content (AvgIpc) is 2.99. The highest BCUT2D eigenvalue weighted by Crippen LogP contribution is 2.36. The van der Waals surface area contributed by atoms with Gasteiger partial charge in [0, 0.05) is 28.0 Å². The molecule has 2 aromatic heterocycles. The molecule has 130 valence electrons. The van der Waals surface area contributed by atoms with Crippen molar-refractivity contribution in [3.63, 3.8) is 0 Å². The van der Waals surface area contributed by atoms with Gasteiger partial charge in [-0.15, -0.1) is 10.2 Å². The number of nitrogens with two attached hydrogens (primary N) is 1. The molecule has 0 saturated heterocycles. The molecule has 0 saturated carbocycles. The molecule has 2 N–H and O–H groups in total. The molecule has 0 spiro atoms. The van der Waals surface area contributed by atoms with Crippen molar-refractivity contribution in [1.82, 2.24) is 14.6 Å². The van der Waals surface area contributed by atoms with Crippen LogP contribution in [-0.4, -0.2) is 14.6 Å². The largest absolute Gasteiger partial charge is 0.454 e. The van der Waals surface area contributed by atoms with Crippen molar-refractivity contribution in [1.29, 1.82) is 0 Å². The van der Waals surface area contributed by atoms with E-state index in [1.54, 1.807) is 24.3 Å². The topological polar surface area (TPSA) is 65.4 Å². The second-order valence-electron chi connectivity index (χ2n) is 5.83. The number of benzene rings is 2. The van der Waals surface area contributed by atoms with Crippen molar-refractivity contribution in [3.8, 4) is 22.6 Å². The zero-order valence-corrected chi connectivity index (χ0v) is 14.5. The zero-order chi connectivity index (χ0) is 18.3. The Hall–Kier alpha value is -3.12. The lowest BCUT2D eigenvalue weighted by Gasteiger charge is -2.13. The first-order chi connectivity index (χ1) is 12.5. The first-order valence-corrected chi connectivity index (χ1v) is 8.23. The predicted octanol–water partition coefficient (Wildman–Crippen LogP) is 4.87. The molecular weight excluding hydrogens is 355 g/mol. The molecule has 7 heteroatoms. The van der Waals surface area contributed by atoms with Crippen LogP contribution in [0.1, 0.15) is 5.82 Å². The number of anilines is 1. The number of rotatable bonds is 3. The van der Waals surface area contributed by atoms with E-state index in [1.165, 1.54) is 12.1 Å². The number of aromatic nitrogens is 3. The molecule has 2 heterocycles. The number of nitrogen functional groups attached to an aromatic ring is 1. The van der Waals surface area contributed by atoms with Gasteiger partial charge in [0.05, 0.1) is 0 Å². The maximum Gasteiger partial charge on any atom is 0.167 e. The van der Waals surface area contributed by atoms with Crippen LogP contribution in [0.15, 0.2) is 54.7 Å². The number of nitrogens with zero attached hydrogens (tertiary/aromatic N) is 3. The summed E-state index contributed by atoms with van der Waals surface area (Å²) < 4.78 is 21.8. The van der Waals surface area contributed by atoms with E-state index in [1.807, 2.05) is 29.7 Å². The Morgan fingerprint density at radius 3 is 2.65 bits per heavy atom. The van der Waals surface area contributed by atoms with E-state index in [0.29, 0.717) is 16.5 Å². The van der Waals surface area contributed by atoms with E-state index in [9.17, 15) is 4.39 Å². The number of ether oxygens (including phenoxy) is 1. The lowest BCUT2D eigenvalue weighted by molar-refractivity contribution is 0.444. The minimum Gasteiger partial charge on any atom is -0.454 e. The van der Waals surface area contributed by atoms with Crippen molar-refractivity contribution in [2.45, 2.75) is 6.92 Å². The molecule has 0 aliphatic carbocycles. The van der Waals surface area contributed by atoms with Crippen LogP contribution in [0.5, 0.6) is 11.5 Å². The normalized spacial score (nSPS) is 11.0.